The van der Waals surface area contributed by atoms with Crippen LogP contribution in [0.2, 0.25) is 0 Å². The molecule has 0 saturated heterocycles. The second-order valence-corrected chi connectivity index (χ2v) is 6.87. The summed E-state index contributed by atoms with van der Waals surface area (Å²) in [5, 5.41) is 0. The lowest BCUT2D eigenvalue weighted by Crippen LogP contribution is -2.42. The van der Waals surface area contributed by atoms with Gasteiger partial charge in [-0.15, -0.1) is 23.2 Å². The van der Waals surface area contributed by atoms with Gasteiger partial charge in [0.05, 0.1) is 0 Å². The molecule has 1 aliphatic rings. The van der Waals surface area contributed by atoms with Crippen LogP contribution >= 0.6 is 23.2 Å². The van der Waals surface area contributed by atoms with Crippen LogP contribution in [0, 0.1) is 17.8 Å². The molecule has 0 N–H and O–H groups in total. The van der Waals surface area contributed by atoms with Gasteiger partial charge in [0, 0.05) is 24.8 Å². The molecular formula is C15H27Cl2NO2. The largest absolute Gasteiger partial charge is 0.446 e. The predicted molar refractivity (Wildman–Crippen MR) is 84.6 cm³/mol. The molecule has 0 aromatic rings. The smallest absolute Gasteiger partial charge is 0.410 e. The lowest BCUT2D eigenvalue weighted by atomic mass is 9.75. The van der Waals surface area contributed by atoms with Crippen molar-refractivity contribution in [2.45, 2.75) is 46.1 Å². The van der Waals surface area contributed by atoms with E-state index >= 15 is 0 Å². The van der Waals surface area contributed by atoms with Crippen LogP contribution < -0.4 is 0 Å². The normalized spacial score (nSPS) is 26.6. The zero-order valence-electron chi connectivity index (χ0n) is 12.8. The van der Waals surface area contributed by atoms with Crippen LogP contribution in [-0.2, 0) is 4.74 Å². The number of hydrogen-bond acceptors (Lipinski definition) is 2. The molecule has 1 rings (SSSR count). The summed E-state index contributed by atoms with van der Waals surface area (Å²) >= 11 is 11.5. The Hall–Kier alpha value is -0.150. The van der Waals surface area contributed by atoms with Crippen molar-refractivity contribution in [2.24, 2.45) is 17.8 Å². The van der Waals surface area contributed by atoms with E-state index < -0.39 is 0 Å². The molecule has 0 aromatic heterocycles. The molecule has 0 aromatic carbocycles. The number of carbonyl (C=O) groups is 1. The van der Waals surface area contributed by atoms with E-state index in [-0.39, 0.29) is 12.2 Å². The minimum atomic E-state index is -0.268. The quantitative estimate of drug-likeness (QED) is 0.679. The molecule has 3 unspecified atom stereocenters. The monoisotopic (exact) mass is 323 g/mol. The SMILES string of the molecule is CC1CCC(C(C)C)C(OC(=O)N(CCCl)CCCl)C1. The van der Waals surface area contributed by atoms with E-state index in [0.29, 0.717) is 42.6 Å². The van der Waals surface area contributed by atoms with Crippen molar-refractivity contribution in [1.82, 2.24) is 4.90 Å². The van der Waals surface area contributed by atoms with Crippen molar-refractivity contribution in [3.63, 3.8) is 0 Å². The number of amides is 1. The summed E-state index contributed by atoms with van der Waals surface area (Å²) in [6.07, 6.45) is 3.09. The summed E-state index contributed by atoms with van der Waals surface area (Å²) in [5.74, 6) is 2.43. The van der Waals surface area contributed by atoms with Gasteiger partial charge in [0.1, 0.15) is 6.10 Å². The van der Waals surface area contributed by atoms with Crippen LogP contribution in [0.25, 0.3) is 0 Å². The van der Waals surface area contributed by atoms with Crippen LogP contribution in [0.5, 0.6) is 0 Å². The topological polar surface area (TPSA) is 29.5 Å². The number of rotatable bonds is 6. The Morgan fingerprint density at radius 3 is 2.35 bits per heavy atom. The Balaban J connectivity index is 2.63. The fraction of sp³-hybridized carbons (Fsp3) is 0.933. The van der Waals surface area contributed by atoms with Gasteiger partial charge in [0.2, 0.25) is 0 Å². The Labute approximate surface area is 132 Å². The highest BCUT2D eigenvalue weighted by Gasteiger charge is 2.34. The highest BCUT2D eigenvalue weighted by Crippen LogP contribution is 2.35. The number of nitrogens with zero attached hydrogens (tertiary/aromatic N) is 1. The van der Waals surface area contributed by atoms with Gasteiger partial charge in [-0.2, -0.15) is 0 Å². The van der Waals surface area contributed by atoms with Crippen molar-refractivity contribution in [1.29, 1.82) is 0 Å². The Morgan fingerprint density at radius 1 is 1.25 bits per heavy atom. The van der Waals surface area contributed by atoms with Crippen molar-refractivity contribution in [2.75, 3.05) is 24.8 Å². The van der Waals surface area contributed by atoms with E-state index in [0.717, 1.165) is 12.8 Å². The van der Waals surface area contributed by atoms with Gasteiger partial charge in [-0.25, -0.2) is 4.79 Å². The van der Waals surface area contributed by atoms with Crippen molar-refractivity contribution >= 4 is 29.3 Å². The average Bonchev–Trinajstić information content (AvgIpc) is 2.38. The minimum absolute atomic E-state index is 0.0272. The standard InChI is InChI=1S/C15H27Cl2NO2/c1-11(2)13-5-4-12(3)10-14(13)20-15(19)18(8-6-16)9-7-17/h11-14H,4-10H2,1-3H3. The first-order valence-corrected chi connectivity index (χ1v) is 8.64. The fourth-order valence-corrected chi connectivity index (χ4v) is 3.36. The van der Waals surface area contributed by atoms with E-state index in [4.69, 9.17) is 27.9 Å². The third kappa shape index (κ3) is 5.33. The molecule has 5 heteroatoms. The lowest BCUT2D eigenvalue weighted by Gasteiger charge is -2.37. The number of halogens is 2. The van der Waals surface area contributed by atoms with Gasteiger partial charge >= 0.3 is 6.09 Å². The first-order chi connectivity index (χ1) is 9.49. The number of hydrogen-bond donors (Lipinski definition) is 0. The highest BCUT2D eigenvalue weighted by molar-refractivity contribution is 6.18. The molecule has 0 spiro atoms. The lowest BCUT2D eigenvalue weighted by molar-refractivity contribution is -0.00893. The molecule has 1 aliphatic carbocycles. The van der Waals surface area contributed by atoms with E-state index in [2.05, 4.69) is 20.8 Å². The Kier molecular flexibility index (Phi) is 8.04. The first-order valence-electron chi connectivity index (χ1n) is 7.57. The fourth-order valence-electron chi connectivity index (χ4n) is 2.95. The Morgan fingerprint density at radius 2 is 1.85 bits per heavy atom. The van der Waals surface area contributed by atoms with Gasteiger partial charge in [-0.05, 0) is 30.6 Å². The molecule has 1 fully saturated rings. The zero-order chi connectivity index (χ0) is 15.1. The first kappa shape index (κ1) is 17.9. The maximum Gasteiger partial charge on any atom is 0.410 e. The summed E-state index contributed by atoms with van der Waals surface area (Å²) in [6, 6.07) is 0. The maximum absolute atomic E-state index is 12.3. The summed E-state index contributed by atoms with van der Waals surface area (Å²) in [5.41, 5.74) is 0. The molecule has 0 radical (unpaired) electrons. The van der Waals surface area contributed by atoms with Gasteiger partial charge in [0.15, 0.2) is 0 Å². The minimum Gasteiger partial charge on any atom is -0.446 e. The molecule has 3 atom stereocenters. The summed E-state index contributed by atoms with van der Waals surface area (Å²) in [7, 11) is 0. The van der Waals surface area contributed by atoms with Gasteiger partial charge < -0.3 is 9.64 Å². The second-order valence-electron chi connectivity index (χ2n) is 6.11. The average molecular weight is 324 g/mol. The molecule has 0 bridgehead atoms. The third-order valence-electron chi connectivity index (χ3n) is 4.18. The van der Waals surface area contributed by atoms with Crippen LogP contribution in [-0.4, -0.2) is 41.9 Å². The summed E-state index contributed by atoms with van der Waals surface area (Å²) in [6.45, 7) is 7.61. The van der Waals surface area contributed by atoms with E-state index in [1.165, 1.54) is 6.42 Å². The number of ether oxygens (including phenoxy) is 1. The number of alkyl halides is 2. The summed E-state index contributed by atoms with van der Waals surface area (Å²) in [4.78, 5) is 13.9. The number of carbonyl (C=O) groups excluding carboxylic acids is 1. The molecule has 118 valence electrons. The molecule has 20 heavy (non-hydrogen) atoms. The van der Waals surface area contributed by atoms with E-state index in [1.54, 1.807) is 4.90 Å². The van der Waals surface area contributed by atoms with Crippen molar-refractivity contribution < 1.29 is 9.53 Å². The zero-order valence-corrected chi connectivity index (χ0v) is 14.3. The van der Waals surface area contributed by atoms with Crippen molar-refractivity contribution in [3.8, 4) is 0 Å². The highest BCUT2D eigenvalue weighted by atomic mass is 35.5. The van der Waals surface area contributed by atoms with E-state index in [1.807, 2.05) is 0 Å². The maximum atomic E-state index is 12.3. The summed E-state index contributed by atoms with van der Waals surface area (Å²) < 4.78 is 5.77. The van der Waals surface area contributed by atoms with Gasteiger partial charge in [0.25, 0.3) is 0 Å². The van der Waals surface area contributed by atoms with Gasteiger partial charge in [-0.3, -0.25) is 0 Å². The molecule has 1 amide bonds. The van der Waals surface area contributed by atoms with Crippen LogP contribution in [0.1, 0.15) is 40.0 Å². The predicted octanol–water partition coefficient (Wildman–Crippen LogP) is 4.36. The molecule has 1 saturated carbocycles. The van der Waals surface area contributed by atoms with Crippen LogP contribution in [0.3, 0.4) is 0 Å². The second kappa shape index (κ2) is 8.99. The molecule has 0 aliphatic heterocycles. The van der Waals surface area contributed by atoms with E-state index in [9.17, 15) is 4.79 Å². The molecule has 0 heterocycles. The van der Waals surface area contributed by atoms with Gasteiger partial charge in [-0.1, -0.05) is 27.2 Å². The Bertz CT molecular complexity index is 294. The third-order valence-corrected chi connectivity index (χ3v) is 4.52. The van der Waals surface area contributed by atoms with Crippen LogP contribution in [0.15, 0.2) is 0 Å². The molecular weight excluding hydrogens is 297 g/mol. The molecule has 3 nitrogen and oxygen atoms in total. The van der Waals surface area contributed by atoms with Crippen LogP contribution in [0.4, 0.5) is 4.79 Å². The van der Waals surface area contributed by atoms with Crippen molar-refractivity contribution in [3.05, 3.63) is 0 Å².